The monoisotopic (exact) mass is 508 g/mol. The molecule has 5 nitrogen and oxygen atoms in total. The van der Waals surface area contributed by atoms with Crippen molar-refractivity contribution in [1.82, 2.24) is 15.5 Å². The third kappa shape index (κ3) is 9.16. The smallest absolute Gasteiger partial charge is 0.191 e. The van der Waals surface area contributed by atoms with E-state index in [1.807, 2.05) is 0 Å². The molecule has 0 spiro atoms. The van der Waals surface area contributed by atoms with Gasteiger partial charge in [-0.25, -0.2) is 0 Å². The highest BCUT2D eigenvalue weighted by atomic mass is 127. The van der Waals surface area contributed by atoms with Crippen LogP contribution in [0.5, 0.6) is 0 Å². The number of rotatable bonds is 11. The fraction of sp³-hybridized carbons (Fsp3) is 0.955. The fourth-order valence-electron chi connectivity index (χ4n) is 4.62. The third-order valence-corrected chi connectivity index (χ3v) is 6.56. The summed E-state index contributed by atoms with van der Waals surface area (Å²) in [6.07, 6.45) is 10.4. The highest BCUT2D eigenvalue weighted by Gasteiger charge is 2.33. The SMILES string of the molecule is CCNC(=NCC1(CCOCC)CCCC1)NCCC1CCN(CC)CC1.I. The Morgan fingerprint density at radius 2 is 1.82 bits per heavy atom. The Kier molecular flexibility index (Phi) is 13.7. The van der Waals surface area contributed by atoms with Crippen LogP contribution in [0.25, 0.3) is 0 Å². The van der Waals surface area contributed by atoms with Crippen LogP contribution in [0, 0.1) is 11.3 Å². The molecule has 1 heterocycles. The Bertz CT molecular complexity index is 419. The average Bonchev–Trinajstić information content (AvgIpc) is 3.16. The van der Waals surface area contributed by atoms with Crippen molar-refractivity contribution in [3.05, 3.63) is 0 Å². The summed E-state index contributed by atoms with van der Waals surface area (Å²) >= 11 is 0. The lowest BCUT2D eigenvalue weighted by Crippen LogP contribution is -2.40. The van der Waals surface area contributed by atoms with Gasteiger partial charge in [-0.2, -0.15) is 0 Å². The number of aliphatic imine (C=N–C) groups is 1. The zero-order valence-electron chi connectivity index (χ0n) is 18.6. The van der Waals surface area contributed by atoms with E-state index in [4.69, 9.17) is 9.73 Å². The molecule has 0 aromatic heterocycles. The Balaban J connectivity index is 0.00000392. The molecule has 1 saturated carbocycles. The molecule has 2 fully saturated rings. The Morgan fingerprint density at radius 3 is 2.43 bits per heavy atom. The lowest BCUT2D eigenvalue weighted by molar-refractivity contribution is 0.107. The van der Waals surface area contributed by atoms with Crippen LogP contribution in [0.2, 0.25) is 0 Å². The lowest BCUT2D eigenvalue weighted by Gasteiger charge is -2.31. The second-order valence-corrected chi connectivity index (χ2v) is 8.44. The van der Waals surface area contributed by atoms with Crippen LogP contribution in [-0.2, 0) is 4.74 Å². The molecule has 2 rings (SSSR count). The number of nitrogens with zero attached hydrogens (tertiary/aromatic N) is 2. The molecule has 0 bridgehead atoms. The molecule has 0 aromatic carbocycles. The third-order valence-electron chi connectivity index (χ3n) is 6.56. The van der Waals surface area contributed by atoms with Crippen molar-refractivity contribution in [1.29, 1.82) is 0 Å². The highest BCUT2D eigenvalue weighted by Crippen LogP contribution is 2.41. The molecular weight excluding hydrogens is 463 g/mol. The minimum atomic E-state index is 0. The molecule has 1 aliphatic carbocycles. The van der Waals surface area contributed by atoms with Crippen molar-refractivity contribution in [2.24, 2.45) is 16.3 Å². The van der Waals surface area contributed by atoms with E-state index in [-0.39, 0.29) is 24.0 Å². The van der Waals surface area contributed by atoms with Crippen LogP contribution in [0.1, 0.15) is 72.1 Å². The van der Waals surface area contributed by atoms with Crippen LogP contribution >= 0.6 is 24.0 Å². The first-order chi connectivity index (χ1) is 13.2. The van der Waals surface area contributed by atoms with E-state index in [1.165, 1.54) is 64.6 Å². The van der Waals surface area contributed by atoms with Crippen LogP contribution in [0.4, 0.5) is 0 Å². The van der Waals surface area contributed by atoms with E-state index in [9.17, 15) is 0 Å². The van der Waals surface area contributed by atoms with Crippen LogP contribution < -0.4 is 10.6 Å². The first kappa shape index (κ1) is 26.0. The van der Waals surface area contributed by atoms with Crippen LogP contribution in [-0.4, -0.2) is 63.3 Å². The van der Waals surface area contributed by atoms with Gasteiger partial charge in [0, 0.05) is 32.8 Å². The van der Waals surface area contributed by atoms with Gasteiger partial charge >= 0.3 is 0 Å². The lowest BCUT2D eigenvalue weighted by atomic mass is 9.83. The average molecular weight is 509 g/mol. The molecular formula is C22H45IN4O. The number of guanidine groups is 1. The first-order valence-corrected chi connectivity index (χ1v) is 11.5. The molecule has 2 aliphatic rings. The van der Waals surface area contributed by atoms with E-state index in [1.54, 1.807) is 0 Å². The van der Waals surface area contributed by atoms with Gasteiger partial charge in [0.05, 0.1) is 0 Å². The van der Waals surface area contributed by atoms with Gasteiger partial charge in [0.1, 0.15) is 0 Å². The summed E-state index contributed by atoms with van der Waals surface area (Å²) in [5, 5.41) is 7.04. The van der Waals surface area contributed by atoms with E-state index in [0.717, 1.165) is 51.1 Å². The molecule has 28 heavy (non-hydrogen) atoms. The normalized spacial score (nSPS) is 20.8. The summed E-state index contributed by atoms with van der Waals surface area (Å²) in [4.78, 5) is 7.55. The molecule has 2 N–H and O–H groups in total. The maximum atomic E-state index is 5.64. The van der Waals surface area contributed by atoms with Crippen molar-refractivity contribution >= 4 is 29.9 Å². The summed E-state index contributed by atoms with van der Waals surface area (Å²) in [6.45, 7) is 14.9. The summed E-state index contributed by atoms with van der Waals surface area (Å²) in [5.41, 5.74) is 0.366. The first-order valence-electron chi connectivity index (χ1n) is 11.5. The van der Waals surface area contributed by atoms with Gasteiger partial charge in [0.15, 0.2) is 5.96 Å². The summed E-state index contributed by atoms with van der Waals surface area (Å²) in [6, 6.07) is 0. The number of ether oxygens (including phenoxy) is 1. The van der Waals surface area contributed by atoms with Crippen molar-refractivity contribution in [2.75, 3.05) is 52.5 Å². The van der Waals surface area contributed by atoms with E-state index in [2.05, 4.69) is 36.3 Å². The van der Waals surface area contributed by atoms with Gasteiger partial charge in [-0.1, -0.05) is 19.8 Å². The number of piperidine rings is 1. The zero-order chi connectivity index (χ0) is 19.4. The molecule has 166 valence electrons. The number of hydrogen-bond acceptors (Lipinski definition) is 3. The fourth-order valence-corrected chi connectivity index (χ4v) is 4.62. The van der Waals surface area contributed by atoms with Gasteiger partial charge in [-0.3, -0.25) is 4.99 Å². The highest BCUT2D eigenvalue weighted by molar-refractivity contribution is 14.0. The van der Waals surface area contributed by atoms with Crippen molar-refractivity contribution < 1.29 is 4.74 Å². The number of halogens is 1. The molecule has 1 saturated heterocycles. The standard InChI is InChI=1S/C22H44N4O.HI/c1-4-23-21(24-15-9-20-10-16-26(5-2)17-11-20)25-19-22(12-7-8-13-22)14-18-27-6-3;/h20H,4-19H2,1-3H3,(H2,23,24,25);1H. The number of nitrogens with one attached hydrogen (secondary N) is 2. The molecule has 0 amide bonds. The second-order valence-electron chi connectivity index (χ2n) is 8.44. The maximum absolute atomic E-state index is 5.64. The summed E-state index contributed by atoms with van der Waals surface area (Å²) in [5.74, 6) is 1.88. The molecule has 6 heteroatoms. The molecule has 1 aliphatic heterocycles. The van der Waals surface area contributed by atoms with Gasteiger partial charge < -0.3 is 20.3 Å². The van der Waals surface area contributed by atoms with E-state index >= 15 is 0 Å². The Labute approximate surface area is 190 Å². The summed E-state index contributed by atoms with van der Waals surface area (Å²) in [7, 11) is 0. The maximum Gasteiger partial charge on any atom is 0.191 e. The summed E-state index contributed by atoms with van der Waals surface area (Å²) < 4.78 is 5.64. The Morgan fingerprint density at radius 1 is 1.11 bits per heavy atom. The number of hydrogen-bond donors (Lipinski definition) is 2. The topological polar surface area (TPSA) is 48.9 Å². The minimum absolute atomic E-state index is 0. The van der Waals surface area contributed by atoms with Crippen molar-refractivity contribution in [2.45, 2.75) is 72.1 Å². The molecule has 0 aromatic rings. The van der Waals surface area contributed by atoms with Crippen LogP contribution in [0.15, 0.2) is 4.99 Å². The molecule has 0 atom stereocenters. The largest absolute Gasteiger partial charge is 0.382 e. The zero-order valence-corrected chi connectivity index (χ0v) is 20.9. The predicted molar refractivity (Wildman–Crippen MR) is 131 cm³/mol. The Hall–Kier alpha value is -0.0800. The molecule has 0 unspecified atom stereocenters. The van der Waals surface area contributed by atoms with Gasteiger partial charge in [0.2, 0.25) is 0 Å². The van der Waals surface area contributed by atoms with E-state index < -0.39 is 0 Å². The van der Waals surface area contributed by atoms with Crippen molar-refractivity contribution in [3.63, 3.8) is 0 Å². The van der Waals surface area contributed by atoms with E-state index in [0.29, 0.717) is 5.41 Å². The van der Waals surface area contributed by atoms with Gasteiger partial charge in [-0.05, 0) is 83.3 Å². The second kappa shape index (κ2) is 14.8. The van der Waals surface area contributed by atoms with Crippen molar-refractivity contribution in [3.8, 4) is 0 Å². The van der Waals surface area contributed by atoms with Gasteiger partial charge in [0.25, 0.3) is 0 Å². The predicted octanol–water partition coefficient (Wildman–Crippen LogP) is 4.27. The molecule has 0 radical (unpaired) electrons. The quantitative estimate of drug-likeness (QED) is 0.190. The minimum Gasteiger partial charge on any atom is -0.382 e. The van der Waals surface area contributed by atoms with Crippen LogP contribution in [0.3, 0.4) is 0 Å². The number of likely N-dealkylation sites (tertiary alicyclic amines) is 1. The van der Waals surface area contributed by atoms with Gasteiger partial charge in [-0.15, -0.1) is 24.0 Å².